The van der Waals surface area contributed by atoms with Crippen molar-refractivity contribution in [2.24, 2.45) is 0 Å². The van der Waals surface area contributed by atoms with E-state index in [1.54, 1.807) is 6.07 Å². The monoisotopic (exact) mass is 351 g/mol. The van der Waals surface area contributed by atoms with Crippen molar-refractivity contribution in [1.82, 2.24) is 9.80 Å². The number of amides is 1. The molecule has 5 heteroatoms. The average molecular weight is 352 g/mol. The van der Waals surface area contributed by atoms with Crippen molar-refractivity contribution in [3.8, 4) is 0 Å². The van der Waals surface area contributed by atoms with Crippen molar-refractivity contribution in [1.29, 1.82) is 0 Å². The number of rotatable bonds is 2. The van der Waals surface area contributed by atoms with Crippen LogP contribution in [0.15, 0.2) is 22.7 Å². The van der Waals surface area contributed by atoms with Gasteiger partial charge in [0.25, 0.3) is 5.91 Å². The minimum atomic E-state index is 0.0693. The Morgan fingerprint density at radius 2 is 1.81 bits per heavy atom. The lowest BCUT2D eigenvalue weighted by atomic mass is 10.0. The molecule has 1 amide bonds. The topological polar surface area (TPSA) is 49.6 Å². The van der Waals surface area contributed by atoms with Gasteiger partial charge in [-0.05, 0) is 57.0 Å². The van der Waals surface area contributed by atoms with Crippen LogP contribution in [-0.4, -0.2) is 47.9 Å². The molecular weight excluding hydrogens is 330 g/mol. The smallest absolute Gasteiger partial charge is 0.255 e. The van der Waals surface area contributed by atoms with Gasteiger partial charge >= 0.3 is 0 Å². The Labute approximate surface area is 134 Å². The van der Waals surface area contributed by atoms with Gasteiger partial charge < -0.3 is 15.5 Å². The molecule has 3 rings (SSSR count). The first-order valence-electron chi connectivity index (χ1n) is 7.73. The SMILES string of the molecule is Nc1cc(Br)ccc1C(=O)N1CCC(N2CCCC2)CC1. The molecule has 2 aliphatic heterocycles. The quantitative estimate of drug-likeness (QED) is 0.833. The molecule has 0 unspecified atom stereocenters. The summed E-state index contributed by atoms with van der Waals surface area (Å²) < 4.78 is 0.907. The number of carbonyl (C=O) groups is 1. The summed E-state index contributed by atoms with van der Waals surface area (Å²) in [6, 6.07) is 6.15. The van der Waals surface area contributed by atoms with E-state index in [2.05, 4.69) is 20.8 Å². The van der Waals surface area contributed by atoms with Crippen molar-refractivity contribution < 1.29 is 4.79 Å². The summed E-state index contributed by atoms with van der Waals surface area (Å²) in [6.45, 7) is 4.15. The summed E-state index contributed by atoms with van der Waals surface area (Å²) in [7, 11) is 0. The second-order valence-corrected chi connectivity index (χ2v) is 6.91. The predicted molar refractivity (Wildman–Crippen MR) is 88.3 cm³/mol. The van der Waals surface area contributed by atoms with Crippen LogP contribution in [0.5, 0.6) is 0 Å². The number of nitrogens with zero attached hydrogens (tertiary/aromatic N) is 2. The maximum absolute atomic E-state index is 12.6. The third kappa shape index (κ3) is 3.24. The molecule has 0 radical (unpaired) electrons. The Morgan fingerprint density at radius 3 is 2.43 bits per heavy atom. The molecule has 2 N–H and O–H groups in total. The number of carbonyl (C=O) groups excluding carboxylic acids is 1. The Kier molecular flexibility index (Phi) is 4.50. The largest absolute Gasteiger partial charge is 0.398 e. The number of piperidine rings is 1. The first-order chi connectivity index (χ1) is 10.1. The number of hydrogen-bond donors (Lipinski definition) is 1. The molecule has 2 saturated heterocycles. The summed E-state index contributed by atoms with van der Waals surface area (Å²) >= 11 is 3.38. The van der Waals surface area contributed by atoms with Gasteiger partial charge in [0.05, 0.1) is 5.56 Å². The first kappa shape index (κ1) is 14.9. The van der Waals surface area contributed by atoms with Crippen molar-refractivity contribution in [2.45, 2.75) is 31.7 Å². The van der Waals surface area contributed by atoms with Crippen LogP contribution in [-0.2, 0) is 0 Å². The average Bonchev–Trinajstić information content (AvgIpc) is 3.01. The molecule has 21 heavy (non-hydrogen) atoms. The van der Waals surface area contributed by atoms with Crippen molar-refractivity contribution in [2.75, 3.05) is 31.9 Å². The molecule has 0 aliphatic carbocycles. The second-order valence-electron chi connectivity index (χ2n) is 6.00. The zero-order valence-electron chi connectivity index (χ0n) is 12.2. The Bertz CT molecular complexity index is 520. The number of likely N-dealkylation sites (tertiary alicyclic amines) is 2. The minimum Gasteiger partial charge on any atom is -0.398 e. The highest BCUT2D eigenvalue weighted by atomic mass is 79.9. The lowest BCUT2D eigenvalue weighted by molar-refractivity contribution is 0.0645. The number of nitrogens with two attached hydrogens (primary N) is 1. The van der Waals surface area contributed by atoms with Crippen LogP contribution in [0.2, 0.25) is 0 Å². The van der Waals surface area contributed by atoms with Crippen LogP contribution in [0.3, 0.4) is 0 Å². The van der Waals surface area contributed by atoms with Gasteiger partial charge in [0.1, 0.15) is 0 Å². The van der Waals surface area contributed by atoms with Gasteiger partial charge in [-0.25, -0.2) is 0 Å². The van der Waals surface area contributed by atoms with Gasteiger partial charge in [0.15, 0.2) is 0 Å². The van der Waals surface area contributed by atoms with Crippen molar-refractivity contribution in [3.63, 3.8) is 0 Å². The summed E-state index contributed by atoms with van der Waals surface area (Å²) in [5.74, 6) is 0.0693. The van der Waals surface area contributed by atoms with Gasteiger partial charge in [0.2, 0.25) is 0 Å². The fourth-order valence-electron chi connectivity index (χ4n) is 3.44. The normalized spacial score (nSPS) is 20.9. The summed E-state index contributed by atoms with van der Waals surface area (Å²) in [6.07, 6.45) is 4.83. The highest BCUT2D eigenvalue weighted by Crippen LogP contribution is 2.24. The van der Waals surface area contributed by atoms with E-state index in [1.807, 2.05) is 17.0 Å². The van der Waals surface area contributed by atoms with Gasteiger partial charge in [-0.1, -0.05) is 15.9 Å². The lowest BCUT2D eigenvalue weighted by Gasteiger charge is -2.36. The summed E-state index contributed by atoms with van der Waals surface area (Å²) in [5.41, 5.74) is 7.14. The first-order valence-corrected chi connectivity index (χ1v) is 8.53. The van der Waals surface area contributed by atoms with Crippen LogP contribution in [0.4, 0.5) is 5.69 Å². The number of anilines is 1. The zero-order valence-corrected chi connectivity index (χ0v) is 13.8. The summed E-state index contributed by atoms with van der Waals surface area (Å²) in [5, 5.41) is 0. The van der Waals surface area contributed by atoms with Gasteiger partial charge in [-0.15, -0.1) is 0 Å². The molecule has 0 spiro atoms. The number of halogens is 1. The lowest BCUT2D eigenvalue weighted by Crippen LogP contribution is -2.46. The van der Waals surface area contributed by atoms with Crippen LogP contribution in [0.1, 0.15) is 36.0 Å². The van der Waals surface area contributed by atoms with Gasteiger partial charge in [0, 0.05) is 29.3 Å². The number of hydrogen-bond acceptors (Lipinski definition) is 3. The highest BCUT2D eigenvalue weighted by Gasteiger charge is 2.29. The molecule has 1 aromatic carbocycles. The predicted octanol–water partition coefficient (Wildman–Crippen LogP) is 2.73. The Balaban J connectivity index is 1.62. The second kappa shape index (κ2) is 6.36. The minimum absolute atomic E-state index is 0.0693. The number of nitrogen functional groups attached to an aromatic ring is 1. The van der Waals surface area contributed by atoms with E-state index in [0.29, 0.717) is 17.3 Å². The molecule has 0 aromatic heterocycles. The highest BCUT2D eigenvalue weighted by molar-refractivity contribution is 9.10. The Hall–Kier alpha value is -1.07. The molecule has 0 bridgehead atoms. The fraction of sp³-hybridized carbons (Fsp3) is 0.562. The van der Waals surface area contributed by atoms with E-state index in [0.717, 1.165) is 30.4 Å². The van der Waals surface area contributed by atoms with E-state index in [4.69, 9.17) is 5.73 Å². The van der Waals surface area contributed by atoms with Crippen molar-refractivity contribution >= 4 is 27.5 Å². The van der Waals surface area contributed by atoms with Crippen LogP contribution in [0, 0.1) is 0 Å². The van der Waals surface area contributed by atoms with Crippen LogP contribution >= 0.6 is 15.9 Å². The third-order valence-electron chi connectivity index (χ3n) is 4.65. The molecular formula is C16H22BrN3O. The molecule has 0 atom stereocenters. The van der Waals surface area contributed by atoms with E-state index in [9.17, 15) is 4.79 Å². The van der Waals surface area contributed by atoms with E-state index >= 15 is 0 Å². The zero-order chi connectivity index (χ0) is 14.8. The number of benzene rings is 1. The van der Waals surface area contributed by atoms with Crippen molar-refractivity contribution in [3.05, 3.63) is 28.2 Å². The van der Waals surface area contributed by atoms with E-state index in [-0.39, 0.29) is 5.91 Å². The van der Waals surface area contributed by atoms with Crippen LogP contribution < -0.4 is 5.73 Å². The van der Waals surface area contributed by atoms with Crippen LogP contribution in [0.25, 0.3) is 0 Å². The molecule has 2 aliphatic rings. The van der Waals surface area contributed by atoms with E-state index < -0.39 is 0 Å². The maximum atomic E-state index is 12.6. The Morgan fingerprint density at radius 1 is 1.14 bits per heavy atom. The third-order valence-corrected chi connectivity index (χ3v) is 5.15. The molecule has 0 saturated carbocycles. The van der Waals surface area contributed by atoms with Gasteiger partial charge in [-0.3, -0.25) is 4.79 Å². The molecule has 2 heterocycles. The van der Waals surface area contributed by atoms with Gasteiger partial charge in [-0.2, -0.15) is 0 Å². The van der Waals surface area contributed by atoms with E-state index in [1.165, 1.54) is 25.9 Å². The molecule has 2 fully saturated rings. The molecule has 114 valence electrons. The standard InChI is InChI=1S/C16H22BrN3O/c17-12-3-4-14(15(18)11-12)16(21)20-9-5-13(6-10-20)19-7-1-2-8-19/h3-4,11,13H,1-2,5-10,18H2. The summed E-state index contributed by atoms with van der Waals surface area (Å²) in [4.78, 5) is 17.1. The molecule has 1 aromatic rings. The molecule has 4 nitrogen and oxygen atoms in total. The fourth-order valence-corrected chi connectivity index (χ4v) is 3.82. The maximum Gasteiger partial charge on any atom is 0.255 e.